The van der Waals surface area contributed by atoms with E-state index in [1.807, 2.05) is 19.1 Å². The van der Waals surface area contributed by atoms with Crippen LogP contribution in [-0.4, -0.2) is 26.9 Å². The first-order valence-electron chi connectivity index (χ1n) is 7.11. The number of aryl methyl sites for hydroxylation is 2. The lowest BCUT2D eigenvalue weighted by Gasteiger charge is -2.20. The van der Waals surface area contributed by atoms with Gasteiger partial charge in [-0.15, -0.1) is 0 Å². The minimum absolute atomic E-state index is 0.180. The van der Waals surface area contributed by atoms with Gasteiger partial charge in [0.05, 0.1) is 12.0 Å². The van der Waals surface area contributed by atoms with Crippen LogP contribution in [0.15, 0.2) is 41.3 Å². The molecule has 6 heteroatoms. The lowest BCUT2D eigenvalue weighted by Crippen LogP contribution is -2.27. The van der Waals surface area contributed by atoms with Crippen LogP contribution in [0.25, 0.3) is 0 Å². The fourth-order valence-corrected chi connectivity index (χ4v) is 4.00. The van der Waals surface area contributed by atoms with Crippen molar-refractivity contribution < 1.29 is 13.2 Å². The summed E-state index contributed by atoms with van der Waals surface area (Å²) in [6, 6.07) is 10.6. The van der Waals surface area contributed by atoms with Gasteiger partial charge in [-0.05, 0) is 49.2 Å². The number of sulfonamides is 1. The van der Waals surface area contributed by atoms with E-state index < -0.39 is 10.0 Å². The highest BCUT2D eigenvalue weighted by Crippen LogP contribution is 2.27. The summed E-state index contributed by atoms with van der Waals surface area (Å²) < 4.78 is 32.3. The molecule has 0 aromatic heterocycles. The molecule has 23 heavy (non-hydrogen) atoms. The maximum atomic E-state index is 12.8. The van der Waals surface area contributed by atoms with Gasteiger partial charge in [0.1, 0.15) is 5.75 Å². The standard InChI is InChI=1S/C17H20ClNO3S/c1-12-5-6-13(2)17(9-12)23(20,21)19(3)11-14-10-15(18)7-8-16(14)22-4/h5-10H,11H2,1-4H3. The molecule has 0 saturated carbocycles. The quantitative estimate of drug-likeness (QED) is 0.821. The Kier molecular flexibility index (Phi) is 5.34. The van der Waals surface area contributed by atoms with E-state index in [9.17, 15) is 8.42 Å². The summed E-state index contributed by atoms with van der Waals surface area (Å²) in [4.78, 5) is 0.320. The number of hydrogen-bond acceptors (Lipinski definition) is 3. The Balaban J connectivity index is 2.38. The topological polar surface area (TPSA) is 46.6 Å². The maximum Gasteiger partial charge on any atom is 0.243 e. The van der Waals surface area contributed by atoms with E-state index in [1.54, 1.807) is 45.3 Å². The molecule has 0 aliphatic carbocycles. The number of benzene rings is 2. The smallest absolute Gasteiger partial charge is 0.243 e. The summed E-state index contributed by atoms with van der Waals surface area (Å²) in [5.74, 6) is 0.609. The van der Waals surface area contributed by atoms with Gasteiger partial charge in [0.25, 0.3) is 0 Å². The second kappa shape index (κ2) is 6.91. The Morgan fingerprint density at radius 3 is 2.48 bits per heavy atom. The van der Waals surface area contributed by atoms with Crippen LogP contribution >= 0.6 is 11.6 Å². The van der Waals surface area contributed by atoms with Gasteiger partial charge in [0, 0.05) is 24.2 Å². The third-order valence-corrected chi connectivity index (χ3v) is 5.85. The van der Waals surface area contributed by atoms with E-state index >= 15 is 0 Å². The van der Waals surface area contributed by atoms with Crippen LogP contribution in [0, 0.1) is 13.8 Å². The summed E-state index contributed by atoms with van der Waals surface area (Å²) in [7, 11) is -0.493. The number of rotatable bonds is 5. The highest BCUT2D eigenvalue weighted by atomic mass is 35.5. The van der Waals surface area contributed by atoms with E-state index in [-0.39, 0.29) is 6.54 Å². The van der Waals surface area contributed by atoms with Gasteiger partial charge in [0.2, 0.25) is 10.0 Å². The molecule has 0 bridgehead atoms. The highest BCUT2D eigenvalue weighted by Gasteiger charge is 2.24. The molecule has 0 radical (unpaired) electrons. The zero-order valence-corrected chi connectivity index (χ0v) is 15.2. The van der Waals surface area contributed by atoms with Crippen molar-refractivity contribution in [3.05, 3.63) is 58.1 Å². The van der Waals surface area contributed by atoms with E-state index in [0.29, 0.717) is 15.7 Å². The molecule has 2 aromatic rings. The lowest BCUT2D eigenvalue weighted by atomic mass is 10.2. The summed E-state index contributed by atoms with van der Waals surface area (Å²) in [6.07, 6.45) is 0. The average molecular weight is 354 g/mol. The van der Waals surface area contributed by atoms with Crippen LogP contribution in [-0.2, 0) is 16.6 Å². The minimum Gasteiger partial charge on any atom is -0.496 e. The fraction of sp³-hybridized carbons (Fsp3) is 0.294. The van der Waals surface area contributed by atoms with Crippen molar-refractivity contribution in [3.63, 3.8) is 0 Å². The largest absolute Gasteiger partial charge is 0.496 e. The Bertz CT molecular complexity index is 819. The first kappa shape index (κ1) is 17.8. The summed E-state index contributed by atoms with van der Waals surface area (Å²) in [5.41, 5.74) is 2.35. The maximum absolute atomic E-state index is 12.8. The van der Waals surface area contributed by atoms with Crippen molar-refractivity contribution in [1.29, 1.82) is 0 Å². The molecule has 0 aliphatic heterocycles. The Morgan fingerprint density at radius 1 is 1.13 bits per heavy atom. The molecule has 124 valence electrons. The predicted molar refractivity (Wildman–Crippen MR) is 92.6 cm³/mol. The SMILES string of the molecule is COc1ccc(Cl)cc1CN(C)S(=O)(=O)c1cc(C)ccc1C. The first-order chi connectivity index (χ1) is 10.8. The van der Waals surface area contributed by atoms with Crippen molar-refractivity contribution in [3.8, 4) is 5.75 Å². The molecule has 0 amide bonds. The zero-order chi connectivity index (χ0) is 17.2. The molecular weight excluding hydrogens is 334 g/mol. The molecule has 0 fully saturated rings. The summed E-state index contributed by atoms with van der Waals surface area (Å²) >= 11 is 6.01. The Morgan fingerprint density at radius 2 is 1.83 bits per heavy atom. The van der Waals surface area contributed by atoms with Crippen molar-refractivity contribution in [2.24, 2.45) is 0 Å². The highest BCUT2D eigenvalue weighted by molar-refractivity contribution is 7.89. The van der Waals surface area contributed by atoms with Crippen LogP contribution in [0.5, 0.6) is 5.75 Å². The normalized spacial score (nSPS) is 11.7. The molecule has 4 nitrogen and oxygen atoms in total. The van der Waals surface area contributed by atoms with E-state index in [1.165, 1.54) is 4.31 Å². The number of ether oxygens (including phenoxy) is 1. The van der Waals surface area contributed by atoms with Gasteiger partial charge < -0.3 is 4.74 Å². The lowest BCUT2D eigenvalue weighted by molar-refractivity contribution is 0.398. The molecule has 0 spiro atoms. The Hall–Kier alpha value is -1.56. The van der Waals surface area contributed by atoms with Crippen molar-refractivity contribution >= 4 is 21.6 Å². The third kappa shape index (κ3) is 3.86. The van der Waals surface area contributed by atoms with Crippen molar-refractivity contribution in [1.82, 2.24) is 4.31 Å². The van der Waals surface area contributed by atoms with Crippen LogP contribution in [0.2, 0.25) is 5.02 Å². The summed E-state index contributed by atoms with van der Waals surface area (Å²) in [6.45, 7) is 3.85. The average Bonchev–Trinajstić information content (AvgIpc) is 2.49. The molecule has 2 rings (SSSR count). The van der Waals surface area contributed by atoms with Gasteiger partial charge in [-0.1, -0.05) is 23.7 Å². The molecule has 0 atom stereocenters. The van der Waals surface area contributed by atoms with Gasteiger partial charge in [-0.3, -0.25) is 0 Å². The van der Waals surface area contributed by atoms with Gasteiger partial charge >= 0.3 is 0 Å². The zero-order valence-electron chi connectivity index (χ0n) is 13.6. The number of halogens is 1. The minimum atomic E-state index is -3.59. The van der Waals surface area contributed by atoms with Crippen LogP contribution in [0.1, 0.15) is 16.7 Å². The molecule has 0 N–H and O–H groups in total. The molecule has 0 aliphatic rings. The van der Waals surface area contributed by atoms with E-state index in [0.717, 1.165) is 16.7 Å². The van der Waals surface area contributed by atoms with E-state index in [4.69, 9.17) is 16.3 Å². The summed E-state index contributed by atoms with van der Waals surface area (Å²) in [5, 5.41) is 0.540. The first-order valence-corrected chi connectivity index (χ1v) is 8.93. The van der Waals surface area contributed by atoms with E-state index in [2.05, 4.69) is 0 Å². The molecule has 2 aromatic carbocycles. The second-order valence-electron chi connectivity index (χ2n) is 5.49. The monoisotopic (exact) mass is 353 g/mol. The predicted octanol–water partition coefficient (Wildman–Crippen LogP) is 3.79. The van der Waals surface area contributed by atoms with Crippen LogP contribution < -0.4 is 4.74 Å². The van der Waals surface area contributed by atoms with Crippen molar-refractivity contribution in [2.45, 2.75) is 25.3 Å². The molecule has 0 unspecified atom stereocenters. The molecule has 0 heterocycles. The fourth-order valence-electron chi connectivity index (χ4n) is 2.35. The Labute approximate surface area is 142 Å². The van der Waals surface area contributed by atoms with Crippen LogP contribution in [0.3, 0.4) is 0 Å². The number of methoxy groups -OCH3 is 1. The number of nitrogens with zero attached hydrogens (tertiary/aromatic N) is 1. The number of hydrogen-bond donors (Lipinski definition) is 0. The van der Waals surface area contributed by atoms with Gasteiger partial charge in [-0.2, -0.15) is 4.31 Å². The van der Waals surface area contributed by atoms with Crippen molar-refractivity contribution in [2.75, 3.05) is 14.2 Å². The van der Waals surface area contributed by atoms with Crippen LogP contribution in [0.4, 0.5) is 0 Å². The third-order valence-electron chi connectivity index (χ3n) is 3.67. The molecule has 0 saturated heterocycles. The molecular formula is C17H20ClNO3S. The van der Waals surface area contributed by atoms with Gasteiger partial charge in [-0.25, -0.2) is 8.42 Å². The second-order valence-corrected chi connectivity index (χ2v) is 7.94. The van der Waals surface area contributed by atoms with Gasteiger partial charge in [0.15, 0.2) is 0 Å².